The average Bonchev–Trinajstić information content (AvgIpc) is 2.90. The third-order valence-corrected chi connectivity index (χ3v) is 5.61. The Bertz CT molecular complexity index is 869. The molecule has 0 aromatic heterocycles. The van der Waals surface area contributed by atoms with Crippen molar-refractivity contribution in [1.82, 2.24) is 9.80 Å². The quantitative estimate of drug-likeness (QED) is 0.129. The van der Waals surface area contributed by atoms with Crippen molar-refractivity contribution in [2.45, 2.75) is 6.42 Å². The molecule has 208 valence electrons. The molecule has 9 N–H and O–H groups in total. The minimum absolute atomic E-state index is 0.0290. The molecule has 0 atom stereocenters. The molecule has 0 radical (unpaired) electrons. The van der Waals surface area contributed by atoms with Crippen LogP contribution in [0.4, 0.5) is 0 Å². The third-order valence-electron chi connectivity index (χ3n) is 5.61. The Morgan fingerprint density at radius 3 is 1.86 bits per heavy atom. The van der Waals surface area contributed by atoms with Crippen molar-refractivity contribution in [1.29, 1.82) is 0 Å². The maximum Gasteiger partial charge on any atom is 0.225 e. The van der Waals surface area contributed by atoms with Crippen molar-refractivity contribution >= 4 is 11.6 Å². The molecule has 1 fully saturated rings. The van der Waals surface area contributed by atoms with E-state index in [0.717, 1.165) is 0 Å². The maximum absolute atomic E-state index is 12.6. The molecule has 1 aliphatic heterocycles. The molecule has 1 aromatic carbocycles. The van der Waals surface area contributed by atoms with Gasteiger partial charge in [0.15, 0.2) is 0 Å². The van der Waals surface area contributed by atoms with E-state index in [4.69, 9.17) is 41.9 Å². The standard InChI is InChI=1S/C25H42N6O6/c26-6-12-35-14-16-37-18-17-36-15-13-34-11-5-24(33)31-9-7-30(8-10-31)22(25(28)29)19-21(27)20-3-1-2-4-23(20)32/h1-4,19,32H,5-18,26-29H2/b21-19-. The van der Waals surface area contributed by atoms with Crippen LogP contribution in [0.1, 0.15) is 12.0 Å². The van der Waals surface area contributed by atoms with Gasteiger partial charge in [-0.25, -0.2) is 0 Å². The summed E-state index contributed by atoms with van der Waals surface area (Å²) in [4.78, 5) is 16.3. The highest BCUT2D eigenvalue weighted by atomic mass is 16.6. The van der Waals surface area contributed by atoms with Gasteiger partial charge < -0.3 is 56.8 Å². The number of benzene rings is 1. The molecule has 1 saturated heterocycles. The van der Waals surface area contributed by atoms with E-state index in [0.29, 0.717) is 109 Å². The number of hydrogen-bond acceptors (Lipinski definition) is 11. The molecule has 0 unspecified atom stereocenters. The molecule has 0 aliphatic carbocycles. The predicted octanol–water partition coefficient (Wildman–Crippen LogP) is -0.662. The lowest BCUT2D eigenvalue weighted by molar-refractivity contribution is -0.134. The first-order valence-electron chi connectivity index (χ1n) is 12.5. The van der Waals surface area contributed by atoms with Gasteiger partial charge in [0.05, 0.1) is 65.0 Å². The molecule has 37 heavy (non-hydrogen) atoms. The molecule has 0 saturated carbocycles. The minimum Gasteiger partial charge on any atom is -0.507 e. The number of phenols is 1. The first kappa shape index (κ1) is 30.2. The van der Waals surface area contributed by atoms with Crippen molar-refractivity contribution in [3.63, 3.8) is 0 Å². The summed E-state index contributed by atoms with van der Waals surface area (Å²) in [6.07, 6.45) is 1.95. The van der Waals surface area contributed by atoms with Crippen LogP contribution in [-0.4, -0.2) is 106 Å². The van der Waals surface area contributed by atoms with Gasteiger partial charge in [0.25, 0.3) is 0 Å². The number of phenolic OH excluding ortho intramolecular Hbond substituents is 1. The Morgan fingerprint density at radius 2 is 1.32 bits per heavy atom. The van der Waals surface area contributed by atoms with Gasteiger partial charge in [0.1, 0.15) is 11.6 Å². The zero-order valence-electron chi connectivity index (χ0n) is 21.5. The lowest BCUT2D eigenvalue weighted by Gasteiger charge is -2.37. The molecule has 12 nitrogen and oxygen atoms in total. The number of carbonyl (C=O) groups excluding carboxylic acids is 1. The van der Waals surface area contributed by atoms with Crippen molar-refractivity contribution in [2.75, 3.05) is 85.6 Å². The number of rotatable bonds is 17. The fourth-order valence-electron chi connectivity index (χ4n) is 3.66. The number of ether oxygens (including phenoxy) is 4. The van der Waals surface area contributed by atoms with Gasteiger partial charge in [-0.05, 0) is 18.2 Å². The molecule has 1 amide bonds. The molecule has 1 heterocycles. The summed E-state index contributed by atoms with van der Waals surface area (Å²) in [5, 5.41) is 10.0. The number of hydrogen-bond donors (Lipinski definition) is 5. The minimum atomic E-state index is 0.0290. The van der Waals surface area contributed by atoms with E-state index in [2.05, 4.69) is 0 Å². The Hall–Kier alpha value is -3.03. The second kappa shape index (κ2) is 17.4. The number of carbonyl (C=O) groups is 1. The van der Waals surface area contributed by atoms with E-state index in [1.54, 1.807) is 35.2 Å². The molecule has 1 aliphatic rings. The normalized spacial score (nSPS) is 14.1. The van der Waals surface area contributed by atoms with E-state index in [9.17, 15) is 9.90 Å². The first-order chi connectivity index (χ1) is 17.9. The number of aromatic hydroxyl groups is 1. The summed E-state index contributed by atoms with van der Waals surface area (Å²) in [5.41, 5.74) is 24.8. The number of nitrogens with two attached hydrogens (primary N) is 4. The summed E-state index contributed by atoms with van der Waals surface area (Å²) < 4.78 is 21.5. The Morgan fingerprint density at radius 1 is 0.811 bits per heavy atom. The summed E-state index contributed by atoms with van der Waals surface area (Å²) >= 11 is 0. The molecule has 12 heteroatoms. The Labute approximate surface area is 218 Å². The Kier molecular flexibility index (Phi) is 14.2. The highest BCUT2D eigenvalue weighted by molar-refractivity contribution is 5.76. The van der Waals surface area contributed by atoms with Gasteiger partial charge in [-0.2, -0.15) is 0 Å². The van der Waals surface area contributed by atoms with Crippen molar-refractivity contribution in [3.05, 3.63) is 47.4 Å². The van der Waals surface area contributed by atoms with E-state index in [1.807, 2.05) is 4.90 Å². The second-order valence-electron chi connectivity index (χ2n) is 8.31. The van der Waals surface area contributed by atoms with Crippen molar-refractivity contribution < 1.29 is 28.8 Å². The van der Waals surface area contributed by atoms with Crippen LogP contribution in [0.3, 0.4) is 0 Å². The summed E-state index contributed by atoms with van der Waals surface area (Å²) in [7, 11) is 0. The van der Waals surface area contributed by atoms with Crippen molar-refractivity contribution in [3.8, 4) is 5.75 Å². The van der Waals surface area contributed by atoms with Gasteiger partial charge >= 0.3 is 0 Å². The Balaban J connectivity index is 1.62. The first-order valence-corrected chi connectivity index (χ1v) is 12.5. The lowest BCUT2D eigenvalue weighted by Crippen LogP contribution is -2.49. The predicted molar refractivity (Wildman–Crippen MR) is 141 cm³/mol. The van der Waals surface area contributed by atoms with Crippen LogP contribution >= 0.6 is 0 Å². The highest BCUT2D eigenvalue weighted by Crippen LogP contribution is 2.23. The lowest BCUT2D eigenvalue weighted by atomic mass is 10.1. The van der Waals surface area contributed by atoms with E-state index in [1.165, 1.54) is 0 Å². The maximum atomic E-state index is 12.6. The zero-order chi connectivity index (χ0) is 26.9. The monoisotopic (exact) mass is 522 g/mol. The van der Waals surface area contributed by atoms with E-state index in [-0.39, 0.29) is 17.5 Å². The molecule has 0 spiro atoms. The third kappa shape index (κ3) is 11.3. The van der Waals surface area contributed by atoms with Gasteiger partial charge in [0, 0.05) is 44.0 Å². The van der Waals surface area contributed by atoms with Crippen LogP contribution in [0, 0.1) is 0 Å². The van der Waals surface area contributed by atoms with Gasteiger partial charge in [-0.15, -0.1) is 0 Å². The van der Waals surface area contributed by atoms with Crippen LogP contribution in [-0.2, 0) is 23.7 Å². The smallest absolute Gasteiger partial charge is 0.225 e. The number of piperazine rings is 1. The molecule has 2 rings (SSSR count). The molecular weight excluding hydrogens is 480 g/mol. The van der Waals surface area contributed by atoms with Crippen LogP contribution in [0.5, 0.6) is 5.75 Å². The number of allylic oxidation sites excluding steroid dienone is 1. The SMILES string of the molecule is NCCOCCOCCOCCOCCC(=O)N1CCN(C(/C=C(\N)c2ccccc2O)=C(N)N)CC1. The van der Waals surface area contributed by atoms with Crippen molar-refractivity contribution in [2.24, 2.45) is 22.9 Å². The van der Waals surface area contributed by atoms with Gasteiger partial charge in [-0.3, -0.25) is 4.79 Å². The van der Waals surface area contributed by atoms with Crippen LogP contribution in [0.25, 0.3) is 5.70 Å². The fourth-order valence-corrected chi connectivity index (χ4v) is 3.66. The molecule has 1 aromatic rings. The molecule has 0 bridgehead atoms. The molecular formula is C25H42N6O6. The van der Waals surface area contributed by atoms with Crippen LogP contribution < -0.4 is 22.9 Å². The number of para-hydroxylation sites is 1. The largest absolute Gasteiger partial charge is 0.507 e. The second-order valence-corrected chi connectivity index (χ2v) is 8.31. The van der Waals surface area contributed by atoms with E-state index < -0.39 is 0 Å². The average molecular weight is 523 g/mol. The number of amides is 1. The number of nitrogens with zero attached hydrogens (tertiary/aromatic N) is 2. The zero-order valence-corrected chi connectivity index (χ0v) is 21.5. The topological polar surface area (TPSA) is 185 Å². The fraction of sp³-hybridized carbons (Fsp3) is 0.560. The summed E-state index contributed by atoms with van der Waals surface area (Å²) in [6.45, 7) is 6.38. The van der Waals surface area contributed by atoms with Crippen LogP contribution in [0.15, 0.2) is 41.9 Å². The highest BCUT2D eigenvalue weighted by Gasteiger charge is 2.23. The van der Waals surface area contributed by atoms with E-state index >= 15 is 0 Å². The summed E-state index contributed by atoms with van der Waals surface area (Å²) in [6, 6.07) is 6.78. The van der Waals surface area contributed by atoms with Crippen LogP contribution in [0.2, 0.25) is 0 Å². The summed E-state index contributed by atoms with van der Waals surface area (Å²) in [5.74, 6) is 0.225. The van der Waals surface area contributed by atoms with Gasteiger partial charge in [0.2, 0.25) is 5.91 Å². The van der Waals surface area contributed by atoms with Gasteiger partial charge in [-0.1, -0.05) is 12.1 Å².